The van der Waals surface area contributed by atoms with Crippen LogP contribution in [-0.4, -0.2) is 15.0 Å². The molecule has 0 aliphatic rings. The van der Waals surface area contributed by atoms with Gasteiger partial charge >= 0.3 is 0 Å². The van der Waals surface area contributed by atoms with Crippen LogP contribution in [0.25, 0.3) is 0 Å². The molecule has 2 aromatic carbocycles. The number of rotatable bonds is 11. The number of nitrogens with one attached hydrogen (secondary N) is 1. The van der Waals surface area contributed by atoms with Crippen LogP contribution in [-0.2, 0) is 10.0 Å². The lowest BCUT2D eigenvalue weighted by Gasteiger charge is -2.10. The van der Waals surface area contributed by atoms with Crippen LogP contribution >= 0.6 is 0 Å². The molecule has 0 unspecified atom stereocenters. The third-order valence-electron chi connectivity index (χ3n) is 4.20. The summed E-state index contributed by atoms with van der Waals surface area (Å²) in [5.74, 6) is 0.761. The summed E-state index contributed by atoms with van der Waals surface area (Å²) < 4.78 is 33.1. The second kappa shape index (κ2) is 10.2. The molecule has 0 aliphatic heterocycles. The fourth-order valence-corrected chi connectivity index (χ4v) is 3.68. The zero-order valence-electron chi connectivity index (χ0n) is 15.7. The number of ether oxygens (including phenoxy) is 1. The molecule has 5 heteroatoms. The van der Waals surface area contributed by atoms with Gasteiger partial charge in [0.1, 0.15) is 5.75 Å². The third kappa shape index (κ3) is 6.71. The number of aryl methyl sites for hydroxylation is 1. The van der Waals surface area contributed by atoms with Crippen molar-refractivity contribution in [2.45, 2.75) is 57.3 Å². The summed E-state index contributed by atoms with van der Waals surface area (Å²) in [6.45, 7) is 4.84. The normalized spacial score (nSPS) is 11.3. The lowest BCUT2D eigenvalue weighted by molar-refractivity contribution is 0.304. The van der Waals surface area contributed by atoms with Gasteiger partial charge in [0, 0.05) is 5.69 Å². The predicted octanol–water partition coefficient (Wildman–Crippen LogP) is 5.54. The van der Waals surface area contributed by atoms with E-state index in [1.165, 1.54) is 32.1 Å². The molecule has 0 saturated carbocycles. The van der Waals surface area contributed by atoms with Gasteiger partial charge in [-0.2, -0.15) is 0 Å². The van der Waals surface area contributed by atoms with Gasteiger partial charge in [-0.05, 0) is 49.7 Å². The minimum Gasteiger partial charge on any atom is -0.494 e. The van der Waals surface area contributed by atoms with Crippen LogP contribution in [0.4, 0.5) is 5.69 Å². The van der Waals surface area contributed by atoms with Gasteiger partial charge in [0.15, 0.2) is 0 Å². The van der Waals surface area contributed by atoms with Crippen molar-refractivity contribution in [2.24, 2.45) is 0 Å². The smallest absolute Gasteiger partial charge is 0.261 e. The molecule has 0 aliphatic carbocycles. The molecule has 0 saturated heterocycles. The lowest BCUT2D eigenvalue weighted by Crippen LogP contribution is -2.12. The third-order valence-corrected chi connectivity index (χ3v) is 5.60. The Bertz CT molecular complexity index is 753. The van der Waals surface area contributed by atoms with Gasteiger partial charge in [0.2, 0.25) is 0 Å². The van der Waals surface area contributed by atoms with Crippen LogP contribution in [0.5, 0.6) is 5.75 Å². The van der Waals surface area contributed by atoms with Gasteiger partial charge in [-0.25, -0.2) is 8.42 Å². The number of hydrogen-bond donors (Lipinski definition) is 1. The molecular formula is C21H29NO3S. The second-order valence-corrected chi connectivity index (χ2v) is 8.24. The second-order valence-electron chi connectivity index (χ2n) is 6.56. The van der Waals surface area contributed by atoms with E-state index < -0.39 is 10.0 Å². The van der Waals surface area contributed by atoms with Crippen LogP contribution in [0.15, 0.2) is 53.4 Å². The van der Waals surface area contributed by atoms with Gasteiger partial charge in [-0.1, -0.05) is 56.7 Å². The maximum absolute atomic E-state index is 12.4. The van der Waals surface area contributed by atoms with E-state index in [-0.39, 0.29) is 4.90 Å². The first-order valence-electron chi connectivity index (χ1n) is 9.33. The first-order valence-corrected chi connectivity index (χ1v) is 10.8. The van der Waals surface area contributed by atoms with Crippen molar-refractivity contribution in [1.29, 1.82) is 0 Å². The topological polar surface area (TPSA) is 55.4 Å². The van der Waals surface area contributed by atoms with Gasteiger partial charge in [0.05, 0.1) is 11.5 Å². The summed E-state index contributed by atoms with van der Waals surface area (Å²) in [5, 5.41) is 0. The number of anilines is 1. The van der Waals surface area contributed by atoms with Crippen LogP contribution in [0.3, 0.4) is 0 Å². The van der Waals surface area contributed by atoms with Crippen molar-refractivity contribution >= 4 is 15.7 Å². The molecule has 0 aromatic heterocycles. The van der Waals surface area contributed by atoms with Crippen molar-refractivity contribution in [2.75, 3.05) is 11.3 Å². The predicted molar refractivity (Wildman–Crippen MR) is 107 cm³/mol. The van der Waals surface area contributed by atoms with E-state index in [0.29, 0.717) is 12.3 Å². The molecule has 2 aromatic rings. The molecular weight excluding hydrogens is 346 g/mol. The Morgan fingerprint density at radius 3 is 2.12 bits per heavy atom. The van der Waals surface area contributed by atoms with Crippen LogP contribution in [0.2, 0.25) is 0 Å². The van der Waals surface area contributed by atoms with Crippen molar-refractivity contribution in [3.8, 4) is 5.75 Å². The Balaban J connectivity index is 1.80. The first kappa shape index (κ1) is 20.3. The molecule has 0 amide bonds. The molecule has 142 valence electrons. The summed E-state index contributed by atoms with van der Waals surface area (Å²) in [6, 6.07) is 13.8. The highest BCUT2D eigenvalue weighted by atomic mass is 32.2. The average Bonchev–Trinajstić information content (AvgIpc) is 2.62. The van der Waals surface area contributed by atoms with E-state index in [9.17, 15) is 8.42 Å². The van der Waals surface area contributed by atoms with Gasteiger partial charge in [0.25, 0.3) is 10.0 Å². The van der Waals surface area contributed by atoms with Gasteiger partial charge in [-0.15, -0.1) is 0 Å². The molecule has 1 N–H and O–H groups in total. The number of sulfonamides is 1. The average molecular weight is 376 g/mol. The Labute approximate surface area is 157 Å². The first-order chi connectivity index (χ1) is 12.5. The molecule has 0 heterocycles. The van der Waals surface area contributed by atoms with Crippen molar-refractivity contribution in [3.63, 3.8) is 0 Å². The SMILES string of the molecule is CCCCCCCCOc1ccc(NS(=O)(=O)c2ccc(C)cc2)cc1. The molecule has 0 spiro atoms. The fraction of sp³-hybridized carbons (Fsp3) is 0.429. The van der Waals surface area contributed by atoms with Crippen LogP contribution in [0.1, 0.15) is 51.0 Å². The quantitative estimate of drug-likeness (QED) is 0.525. The minimum absolute atomic E-state index is 0.256. The Kier molecular flexibility index (Phi) is 7.98. The van der Waals surface area contributed by atoms with E-state index in [0.717, 1.165) is 17.7 Å². The zero-order chi connectivity index (χ0) is 18.8. The van der Waals surface area contributed by atoms with E-state index >= 15 is 0 Å². The van der Waals surface area contributed by atoms with E-state index in [1.807, 2.05) is 6.92 Å². The summed E-state index contributed by atoms with van der Waals surface area (Å²) in [4.78, 5) is 0.256. The van der Waals surface area contributed by atoms with Gasteiger partial charge < -0.3 is 4.74 Å². The van der Waals surface area contributed by atoms with Gasteiger partial charge in [-0.3, -0.25) is 4.72 Å². The molecule has 2 rings (SSSR count). The summed E-state index contributed by atoms with van der Waals surface area (Å²) in [7, 11) is -3.57. The number of benzene rings is 2. The highest BCUT2D eigenvalue weighted by Gasteiger charge is 2.13. The highest BCUT2D eigenvalue weighted by Crippen LogP contribution is 2.20. The van der Waals surface area contributed by atoms with E-state index in [2.05, 4.69) is 11.6 Å². The summed E-state index contributed by atoms with van der Waals surface area (Å²) >= 11 is 0. The number of unbranched alkanes of at least 4 members (excludes halogenated alkanes) is 5. The molecule has 0 atom stereocenters. The number of hydrogen-bond acceptors (Lipinski definition) is 3. The molecule has 26 heavy (non-hydrogen) atoms. The fourth-order valence-electron chi connectivity index (χ4n) is 2.62. The van der Waals surface area contributed by atoms with Crippen molar-refractivity contribution < 1.29 is 13.2 Å². The zero-order valence-corrected chi connectivity index (χ0v) is 16.5. The summed E-state index contributed by atoms with van der Waals surface area (Å²) in [6.07, 6.45) is 7.36. The summed E-state index contributed by atoms with van der Waals surface area (Å²) in [5.41, 5.74) is 1.55. The maximum atomic E-state index is 12.4. The maximum Gasteiger partial charge on any atom is 0.261 e. The monoisotopic (exact) mass is 375 g/mol. The molecule has 0 fully saturated rings. The largest absolute Gasteiger partial charge is 0.494 e. The van der Waals surface area contributed by atoms with Crippen molar-refractivity contribution in [3.05, 3.63) is 54.1 Å². The molecule has 0 bridgehead atoms. The van der Waals surface area contributed by atoms with E-state index in [4.69, 9.17) is 4.74 Å². The Hall–Kier alpha value is -2.01. The Morgan fingerprint density at radius 2 is 1.46 bits per heavy atom. The standard InChI is InChI=1S/C21H29NO3S/c1-3-4-5-6-7-8-17-25-20-13-11-19(12-14-20)22-26(23,24)21-15-9-18(2)10-16-21/h9-16,22H,3-8,17H2,1-2H3. The lowest BCUT2D eigenvalue weighted by atomic mass is 10.1. The van der Waals surface area contributed by atoms with E-state index in [1.54, 1.807) is 48.5 Å². The molecule has 0 radical (unpaired) electrons. The highest BCUT2D eigenvalue weighted by molar-refractivity contribution is 7.92. The minimum atomic E-state index is -3.57. The van der Waals surface area contributed by atoms with Crippen LogP contribution < -0.4 is 9.46 Å². The van der Waals surface area contributed by atoms with Crippen LogP contribution in [0, 0.1) is 6.92 Å². The van der Waals surface area contributed by atoms with Crippen molar-refractivity contribution in [1.82, 2.24) is 0 Å². The Morgan fingerprint density at radius 1 is 0.846 bits per heavy atom. The molecule has 4 nitrogen and oxygen atoms in total.